The Hall–Kier alpha value is -3.91. The molecule has 0 radical (unpaired) electrons. The van der Waals surface area contributed by atoms with E-state index in [1.807, 2.05) is 91.0 Å². The third-order valence-electron chi connectivity index (χ3n) is 5.77. The number of aromatic nitrogens is 2. The predicted molar refractivity (Wildman–Crippen MR) is 138 cm³/mol. The van der Waals surface area contributed by atoms with Gasteiger partial charge in [-0.2, -0.15) is 4.98 Å². The molecule has 0 fully saturated rings. The molecule has 0 aliphatic rings. The van der Waals surface area contributed by atoms with E-state index in [2.05, 4.69) is 4.98 Å². The van der Waals surface area contributed by atoms with Crippen molar-refractivity contribution in [3.63, 3.8) is 0 Å². The number of carboxylic acids is 1. The van der Waals surface area contributed by atoms with Crippen LogP contribution in [0.1, 0.15) is 5.56 Å². The zero-order chi connectivity index (χ0) is 25.6. The van der Waals surface area contributed by atoms with Crippen LogP contribution >= 0.6 is 0 Å². The Kier molecular flexibility index (Phi) is 8.97. The SMILES string of the molecule is COc1ccccc1COc1ccc2cc(-c3nc(OCC(=O)[O-])cc(-c4ccccc4)n3)ccc2c1.[Na+]. The number of benzene rings is 4. The Morgan fingerprint density at radius 3 is 2.32 bits per heavy atom. The minimum atomic E-state index is -1.32. The minimum Gasteiger partial charge on any atom is -0.546 e. The summed E-state index contributed by atoms with van der Waals surface area (Å²) in [6.45, 7) is -0.206. The van der Waals surface area contributed by atoms with Gasteiger partial charge in [-0.3, -0.25) is 0 Å². The van der Waals surface area contributed by atoms with E-state index in [0.717, 1.165) is 39.0 Å². The molecule has 38 heavy (non-hydrogen) atoms. The molecule has 0 saturated heterocycles. The Labute approximate surface area is 242 Å². The summed E-state index contributed by atoms with van der Waals surface area (Å²) in [7, 11) is 1.64. The molecular weight excluding hydrogens is 491 g/mol. The number of ether oxygens (including phenoxy) is 3. The van der Waals surface area contributed by atoms with Gasteiger partial charge in [-0.1, -0.05) is 66.7 Å². The van der Waals surface area contributed by atoms with Crippen LogP contribution in [0.2, 0.25) is 0 Å². The maximum Gasteiger partial charge on any atom is 1.00 e. The third-order valence-corrected chi connectivity index (χ3v) is 5.77. The van der Waals surface area contributed by atoms with Gasteiger partial charge in [-0.15, -0.1) is 0 Å². The first-order chi connectivity index (χ1) is 18.1. The fourth-order valence-electron chi connectivity index (χ4n) is 3.95. The number of nitrogens with zero attached hydrogens (tertiary/aromatic N) is 2. The number of carbonyl (C=O) groups excluding carboxylic acids is 1. The van der Waals surface area contributed by atoms with Gasteiger partial charge in [0.05, 0.1) is 18.8 Å². The van der Waals surface area contributed by atoms with Crippen LogP contribution in [-0.2, 0) is 11.4 Å². The van der Waals surface area contributed by atoms with E-state index < -0.39 is 12.6 Å². The molecule has 5 rings (SSSR count). The van der Waals surface area contributed by atoms with Gasteiger partial charge < -0.3 is 24.1 Å². The van der Waals surface area contributed by atoms with Crippen LogP contribution in [0.5, 0.6) is 17.4 Å². The molecule has 0 aliphatic heterocycles. The summed E-state index contributed by atoms with van der Waals surface area (Å²) < 4.78 is 16.7. The van der Waals surface area contributed by atoms with Crippen molar-refractivity contribution < 1.29 is 53.7 Å². The number of para-hydroxylation sites is 1. The van der Waals surface area contributed by atoms with Gasteiger partial charge in [0.25, 0.3) is 0 Å². The Morgan fingerprint density at radius 1 is 0.789 bits per heavy atom. The van der Waals surface area contributed by atoms with Gasteiger partial charge in [-0.25, -0.2) is 4.98 Å². The first-order valence-corrected chi connectivity index (χ1v) is 11.6. The van der Waals surface area contributed by atoms with Crippen LogP contribution in [0.25, 0.3) is 33.4 Å². The summed E-state index contributed by atoms with van der Waals surface area (Å²) in [4.78, 5) is 20.1. The van der Waals surface area contributed by atoms with Crippen LogP contribution in [0.3, 0.4) is 0 Å². The third kappa shape index (κ3) is 6.50. The van der Waals surface area contributed by atoms with Gasteiger partial charge in [0.1, 0.15) is 24.7 Å². The van der Waals surface area contributed by atoms with Crippen LogP contribution in [0.4, 0.5) is 0 Å². The maximum atomic E-state index is 10.9. The number of rotatable bonds is 9. The number of hydrogen-bond acceptors (Lipinski definition) is 7. The molecule has 7 nitrogen and oxygen atoms in total. The van der Waals surface area contributed by atoms with Gasteiger partial charge in [0, 0.05) is 22.8 Å². The number of methoxy groups -OCH3 is 1. The van der Waals surface area contributed by atoms with Crippen molar-refractivity contribution in [3.05, 3.63) is 103 Å². The van der Waals surface area contributed by atoms with Crippen molar-refractivity contribution >= 4 is 16.7 Å². The topological polar surface area (TPSA) is 93.6 Å². The average Bonchev–Trinajstić information content (AvgIpc) is 2.95. The maximum absolute atomic E-state index is 10.9. The van der Waals surface area contributed by atoms with Crippen molar-refractivity contribution in [2.24, 2.45) is 0 Å². The number of carboxylic acid groups (broad SMARTS) is 1. The molecule has 0 spiro atoms. The second kappa shape index (κ2) is 12.6. The number of fused-ring (bicyclic) bond motifs is 1. The molecule has 1 aromatic heterocycles. The normalized spacial score (nSPS) is 10.4. The zero-order valence-corrected chi connectivity index (χ0v) is 23.1. The Bertz CT molecular complexity index is 1560. The largest absolute Gasteiger partial charge is 1.00 e. The second-order valence-electron chi connectivity index (χ2n) is 8.27. The Morgan fingerprint density at radius 2 is 1.53 bits per heavy atom. The van der Waals surface area contributed by atoms with Gasteiger partial charge >= 0.3 is 29.6 Å². The monoisotopic (exact) mass is 514 g/mol. The molecule has 8 heteroatoms. The van der Waals surface area contributed by atoms with Crippen molar-refractivity contribution in [2.75, 3.05) is 13.7 Å². The van der Waals surface area contributed by atoms with E-state index >= 15 is 0 Å². The van der Waals surface area contributed by atoms with E-state index in [1.54, 1.807) is 13.2 Å². The zero-order valence-electron chi connectivity index (χ0n) is 21.1. The van der Waals surface area contributed by atoms with Gasteiger partial charge in [0.2, 0.25) is 5.88 Å². The van der Waals surface area contributed by atoms with E-state index in [1.165, 1.54) is 0 Å². The number of aliphatic carboxylic acids is 1. The molecule has 5 aromatic rings. The minimum absolute atomic E-state index is 0. The van der Waals surface area contributed by atoms with Crippen molar-refractivity contribution in [2.45, 2.75) is 6.61 Å². The fourth-order valence-corrected chi connectivity index (χ4v) is 3.95. The van der Waals surface area contributed by atoms with Crippen LogP contribution < -0.4 is 48.9 Å². The van der Waals surface area contributed by atoms with E-state index in [0.29, 0.717) is 18.1 Å². The van der Waals surface area contributed by atoms with Crippen molar-refractivity contribution in [1.29, 1.82) is 0 Å². The quantitative estimate of drug-likeness (QED) is 0.276. The molecule has 0 amide bonds. The number of carbonyl (C=O) groups is 1. The molecule has 0 aliphatic carbocycles. The molecule has 0 saturated carbocycles. The molecule has 184 valence electrons. The first kappa shape index (κ1) is 27.1. The van der Waals surface area contributed by atoms with E-state index in [4.69, 9.17) is 19.2 Å². The standard InChI is InChI=1S/C30H24N2O5.Na/c1-35-27-10-6-5-9-24(27)18-36-25-14-13-21-15-23(12-11-22(21)16-25)30-31-26(20-7-3-2-4-8-20)17-28(32-30)37-19-29(33)34;/h2-17H,18-19H2,1H3,(H,33,34);/q;+1/p-1. The second-order valence-corrected chi connectivity index (χ2v) is 8.27. The summed E-state index contributed by atoms with van der Waals surface area (Å²) >= 11 is 0. The molecule has 4 aromatic carbocycles. The van der Waals surface area contributed by atoms with Crippen molar-refractivity contribution in [3.8, 4) is 40.0 Å². The summed E-state index contributed by atoms with van der Waals surface area (Å²) in [6, 6.07) is 30.7. The van der Waals surface area contributed by atoms with Crippen molar-refractivity contribution in [1.82, 2.24) is 9.97 Å². The van der Waals surface area contributed by atoms with E-state index in [-0.39, 0.29) is 35.4 Å². The first-order valence-electron chi connectivity index (χ1n) is 11.6. The molecule has 0 unspecified atom stereocenters. The molecule has 0 atom stereocenters. The van der Waals surface area contributed by atoms with Gasteiger partial charge in [0.15, 0.2) is 5.82 Å². The Balaban J connectivity index is 0.00000336. The summed E-state index contributed by atoms with van der Waals surface area (Å²) in [5, 5.41) is 12.9. The number of hydrogen-bond donors (Lipinski definition) is 0. The smallest absolute Gasteiger partial charge is 0.546 e. The predicted octanol–water partition coefficient (Wildman–Crippen LogP) is 1.68. The van der Waals surface area contributed by atoms with Crippen LogP contribution in [-0.4, -0.2) is 29.7 Å². The van der Waals surface area contributed by atoms with E-state index in [9.17, 15) is 9.90 Å². The van der Waals surface area contributed by atoms with Crippen LogP contribution in [0.15, 0.2) is 97.1 Å². The molecule has 0 bridgehead atoms. The summed E-state index contributed by atoms with van der Waals surface area (Å²) in [6.07, 6.45) is 0. The fraction of sp³-hybridized carbons (Fsp3) is 0.100. The molecular formula is C30H23N2NaO5. The van der Waals surface area contributed by atoms with Crippen LogP contribution in [0, 0.1) is 0 Å². The molecule has 0 N–H and O–H groups in total. The molecule has 1 heterocycles. The van der Waals surface area contributed by atoms with Gasteiger partial charge in [-0.05, 0) is 35.0 Å². The summed E-state index contributed by atoms with van der Waals surface area (Å²) in [5.74, 6) is 0.789. The average molecular weight is 515 g/mol. The summed E-state index contributed by atoms with van der Waals surface area (Å²) in [5.41, 5.74) is 3.22.